The zero-order valence-corrected chi connectivity index (χ0v) is 16.0. The van der Waals surface area contributed by atoms with E-state index in [1.165, 1.54) is 17.6 Å². The van der Waals surface area contributed by atoms with E-state index in [1.807, 2.05) is 29.6 Å². The number of rotatable bonds is 7. The summed E-state index contributed by atoms with van der Waals surface area (Å²) < 4.78 is 25.2. The second-order valence-corrected chi connectivity index (χ2v) is 8.71. The van der Waals surface area contributed by atoms with Gasteiger partial charge in [-0.25, -0.2) is 13.8 Å². The summed E-state index contributed by atoms with van der Waals surface area (Å²) >= 11 is 1.49. The van der Waals surface area contributed by atoms with Crippen molar-refractivity contribution in [1.82, 2.24) is 5.43 Å². The first kappa shape index (κ1) is 19.1. The van der Waals surface area contributed by atoms with Crippen molar-refractivity contribution in [3.05, 3.63) is 52.2 Å². The average Bonchev–Trinajstić information content (AvgIpc) is 3.05. The van der Waals surface area contributed by atoms with E-state index in [9.17, 15) is 13.2 Å². The minimum Gasteiger partial charge on any atom is -0.271 e. The zero-order chi connectivity index (χ0) is 18.4. The van der Waals surface area contributed by atoms with Crippen LogP contribution in [0.1, 0.15) is 30.2 Å². The van der Waals surface area contributed by atoms with E-state index in [4.69, 9.17) is 0 Å². The Morgan fingerprint density at radius 2 is 1.96 bits per heavy atom. The van der Waals surface area contributed by atoms with E-state index in [0.29, 0.717) is 11.6 Å². The van der Waals surface area contributed by atoms with Gasteiger partial charge < -0.3 is 0 Å². The highest BCUT2D eigenvalue weighted by Gasteiger charge is 2.20. The summed E-state index contributed by atoms with van der Waals surface area (Å²) in [5.41, 5.74) is 3.90. The maximum atomic E-state index is 12.1. The van der Waals surface area contributed by atoms with E-state index in [2.05, 4.69) is 24.4 Å². The Morgan fingerprint density at radius 3 is 2.48 bits per heavy atom. The number of hydrazone groups is 1. The molecule has 0 atom stereocenters. The van der Waals surface area contributed by atoms with Crippen molar-refractivity contribution in [3.8, 4) is 0 Å². The molecule has 0 spiro atoms. The van der Waals surface area contributed by atoms with Crippen molar-refractivity contribution < 1.29 is 13.2 Å². The van der Waals surface area contributed by atoms with Crippen LogP contribution in [0.4, 0.5) is 5.69 Å². The number of hydrogen-bond donors (Lipinski definition) is 1. The van der Waals surface area contributed by atoms with Crippen LogP contribution >= 0.6 is 11.3 Å². The third-order valence-corrected chi connectivity index (χ3v) is 5.41. The number of nitrogens with zero attached hydrogens (tertiary/aromatic N) is 2. The molecule has 0 unspecified atom stereocenters. The van der Waals surface area contributed by atoms with Crippen molar-refractivity contribution in [2.24, 2.45) is 5.10 Å². The van der Waals surface area contributed by atoms with Gasteiger partial charge in [0.05, 0.1) is 18.2 Å². The average molecular weight is 380 g/mol. The Kier molecular flexibility index (Phi) is 6.33. The molecule has 1 heterocycles. The lowest BCUT2D eigenvalue weighted by atomic mass is 10.0. The summed E-state index contributed by atoms with van der Waals surface area (Å²) in [5.74, 6) is -0.165. The second kappa shape index (κ2) is 8.26. The predicted molar refractivity (Wildman–Crippen MR) is 103 cm³/mol. The number of benzene rings is 1. The maximum absolute atomic E-state index is 12.1. The third-order valence-electron chi connectivity index (χ3n) is 3.46. The Balaban J connectivity index is 2.08. The van der Waals surface area contributed by atoms with Crippen LogP contribution in [-0.2, 0) is 14.8 Å². The fraction of sp³-hybridized carbons (Fsp3) is 0.294. The predicted octanol–water partition coefficient (Wildman–Crippen LogP) is 2.79. The molecule has 1 N–H and O–H groups in total. The van der Waals surface area contributed by atoms with Gasteiger partial charge in [-0.1, -0.05) is 32.0 Å². The van der Waals surface area contributed by atoms with Gasteiger partial charge in [-0.05, 0) is 35.1 Å². The highest BCUT2D eigenvalue weighted by molar-refractivity contribution is 7.92. The van der Waals surface area contributed by atoms with Crippen molar-refractivity contribution in [3.63, 3.8) is 0 Å². The number of thiophene rings is 1. The van der Waals surface area contributed by atoms with Crippen LogP contribution in [0.5, 0.6) is 0 Å². The maximum Gasteiger partial charge on any atom is 0.260 e. The molecule has 25 heavy (non-hydrogen) atoms. The largest absolute Gasteiger partial charge is 0.271 e. The van der Waals surface area contributed by atoms with Gasteiger partial charge in [0.25, 0.3) is 5.91 Å². The van der Waals surface area contributed by atoms with Gasteiger partial charge in [-0.15, -0.1) is 11.3 Å². The zero-order valence-electron chi connectivity index (χ0n) is 14.3. The lowest BCUT2D eigenvalue weighted by molar-refractivity contribution is -0.119. The molecule has 6 nitrogen and oxygen atoms in total. The van der Waals surface area contributed by atoms with Gasteiger partial charge in [0.1, 0.15) is 6.54 Å². The molecule has 134 valence electrons. The van der Waals surface area contributed by atoms with Crippen molar-refractivity contribution in [2.75, 3.05) is 17.1 Å². The van der Waals surface area contributed by atoms with E-state index in [0.717, 1.165) is 21.0 Å². The number of carbonyl (C=O) groups excluding carboxylic acids is 1. The van der Waals surface area contributed by atoms with E-state index in [-0.39, 0.29) is 6.54 Å². The van der Waals surface area contributed by atoms with Crippen molar-refractivity contribution >= 4 is 39.2 Å². The Morgan fingerprint density at radius 1 is 1.28 bits per heavy atom. The molecule has 0 saturated heterocycles. The minimum atomic E-state index is -3.59. The minimum absolute atomic E-state index is 0.332. The molecule has 2 aromatic rings. The molecule has 1 aromatic heterocycles. The van der Waals surface area contributed by atoms with Crippen LogP contribution < -0.4 is 9.73 Å². The molecule has 0 aliphatic carbocycles. The standard InChI is InChI=1S/C17H21N3O3S2/c1-13(2)14-6-8-15(9-7-14)20(25(3,22)23)12-17(21)19-18-11-16-5-4-10-24-16/h4-11,13H,12H2,1-3H3,(H,19,21)/b18-11-. The summed E-state index contributed by atoms with van der Waals surface area (Å²) in [6, 6.07) is 10.9. The smallest absolute Gasteiger partial charge is 0.260 e. The third kappa shape index (κ3) is 5.68. The molecular weight excluding hydrogens is 358 g/mol. The molecule has 8 heteroatoms. The van der Waals surface area contributed by atoms with Gasteiger partial charge in [0.2, 0.25) is 10.0 Å². The van der Waals surface area contributed by atoms with Crippen LogP contribution in [-0.4, -0.2) is 33.3 Å². The highest BCUT2D eigenvalue weighted by Crippen LogP contribution is 2.21. The first-order valence-electron chi connectivity index (χ1n) is 7.70. The number of sulfonamides is 1. The van der Waals surface area contributed by atoms with Gasteiger partial charge >= 0.3 is 0 Å². The Hall–Kier alpha value is -2.19. The van der Waals surface area contributed by atoms with Gasteiger partial charge in [-0.3, -0.25) is 9.10 Å². The molecular formula is C17H21N3O3S2. The quantitative estimate of drug-likeness (QED) is 0.593. The molecule has 0 saturated carbocycles. The number of anilines is 1. The van der Waals surface area contributed by atoms with Crippen LogP contribution in [0.3, 0.4) is 0 Å². The van der Waals surface area contributed by atoms with Crippen LogP contribution in [0.25, 0.3) is 0 Å². The van der Waals surface area contributed by atoms with Gasteiger partial charge in [0.15, 0.2) is 0 Å². The lowest BCUT2D eigenvalue weighted by Crippen LogP contribution is -2.39. The molecule has 0 aliphatic heterocycles. The Labute approximate surface area is 152 Å². The first-order chi connectivity index (χ1) is 11.8. The summed E-state index contributed by atoms with van der Waals surface area (Å²) in [4.78, 5) is 12.9. The number of hydrogen-bond acceptors (Lipinski definition) is 5. The van der Waals surface area contributed by atoms with Gasteiger partial charge in [-0.2, -0.15) is 5.10 Å². The number of nitrogens with one attached hydrogen (secondary N) is 1. The molecule has 0 radical (unpaired) electrons. The molecule has 0 fully saturated rings. The van der Waals surface area contributed by atoms with Gasteiger partial charge in [0, 0.05) is 4.88 Å². The monoisotopic (exact) mass is 379 g/mol. The SMILES string of the molecule is CC(C)c1ccc(N(CC(=O)N/N=C\c2cccs2)S(C)(=O)=O)cc1. The molecule has 1 amide bonds. The second-order valence-electron chi connectivity index (χ2n) is 5.82. The van der Waals surface area contributed by atoms with E-state index in [1.54, 1.807) is 12.1 Å². The van der Waals surface area contributed by atoms with E-state index < -0.39 is 15.9 Å². The van der Waals surface area contributed by atoms with Crippen molar-refractivity contribution in [1.29, 1.82) is 0 Å². The first-order valence-corrected chi connectivity index (χ1v) is 10.4. The van der Waals surface area contributed by atoms with E-state index >= 15 is 0 Å². The van der Waals surface area contributed by atoms with Crippen LogP contribution in [0, 0.1) is 0 Å². The van der Waals surface area contributed by atoms with Crippen LogP contribution in [0.2, 0.25) is 0 Å². The summed E-state index contributed by atoms with van der Waals surface area (Å²) in [5, 5.41) is 5.74. The number of carbonyl (C=O) groups is 1. The normalized spacial score (nSPS) is 11.8. The number of amides is 1. The Bertz CT molecular complexity index is 827. The molecule has 1 aromatic carbocycles. The highest BCUT2D eigenvalue weighted by atomic mass is 32.2. The summed E-state index contributed by atoms with van der Waals surface area (Å²) in [6.45, 7) is 3.78. The topological polar surface area (TPSA) is 78.8 Å². The summed E-state index contributed by atoms with van der Waals surface area (Å²) in [6.07, 6.45) is 2.59. The van der Waals surface area contributed by atoms with Crippen molar-refractivity contribution in [2.45, 2.75) is 19.8 Å². The summed E-state index contributed by atoms with van der Waals surface area (Å²) in [7, 11) is -3.59. The fourth-order valence-corrected chi connectivity index (χ4v) is 3.57. The molecule has 0 bridgehead atoms. The lowest BCUT2D eigenvalue weighted by Gasteiger charge is -2.21. The van der Waals surface area contributed by atoms with Crippen LogP contribution in [0.15, 0.2) is 46.9 Å². The molecule has 0 aliphatic rings. The fourth-order valence-electron chi connectivity index (χ4n) is 2.12. The molecule has 2 rings (SSSR count).